The fraction of sp³-hybridized carbons (Fsp3) is 0.400. The van der Waals surface area contributed by atoms with Crippen LogP contribution in [0.2, 0.25) is 0 Å². The fourth-order valence-corrected chi connectivity index (χ4v) is 3.24. The number of thioether (sulfide) groups is 1. The molecule has 1 unspecified atom stereocenters. The zero-order valence-electron chi connectivity index (χ0n) is 13.9. The molecule has 1 aliphatic heterocycles. The Morgan fingerprint density at radius 2 is 2.16 bits per heavy atom. The Labute approximate surface area is 148 Å². The van der Waals surface area contributed by atoms with Crippen molar-refractivity contribution in [2.75, 3.05) is 20.2 Å². The molecule has 1 aliphatic rings. The molecule has 9 nitrogen and oxygen atoms in total. The van der Waals surface area contributed by atoms with E-state index in [1.807, 2.05) is 24.3 Å². The number of nitrogens with zero attached hydrogens (tertiary/aromatic N) is 5. The highest BCUT2D eigenvalue weighted by Gasteiger charge is 2.31. The highest BCUT2D eigenvalue weighted by atomic mass is 32.2. The summed E-state index contributed by atoms with van der Waals surface area (Å²) >= 11 is 1.23. The number of benzene rings is 1. The number of urea groups is 1. The van der Waals surface area contributed by atoms with Gasteiger partial charge in [0.05, 0.1) is 18.9 Å². The Kier molecular flexibility index (Phi) is 5.17. The average Bonchev–Trinajstić information content (AvgIpc) is 3.24. The molecule has 1 N–H and O–H groups in total. The van der Waals surface area contributed by atoms with Crippen LogP contribution in [0, 0.1) is 0 Å². The van der Waals surface area contributed by atoms with Crippen LogP contribution in [0.5, 0.6) is 5.75 Å². The van der Waals surface area contributed by atoms with Crippen molar-refractivity contribution in [2.45, 2.75) is 23.9 Å². The van der Waals surface area contributed by atoms with Crippen LogP contribution in [0.25, 0.3) is 0 Å². The van der Waals surface area contributed by atoms with Crippen molar-refractivity contribution in [3.63, 3.8) is 0 Å². The lowest BCUT2D eigenvalue weighted by molar-refractivity contribution is -0.126. The summed E-state index contributed by atoms with van der Waals surface area (Å²) in [5.74, 6) is 0.525. The standard InChI is InChI=1S/C15H18N6O3S/c1-10(13(22)20-8-7-16-14(20)23)25-15-17-18-19-21(15)9-11-3-5-12(24-2)6-4-11/h3-6,10H,7-9H2,1-2H3,(H,16,23). The van der Waals surface area contributed by atoms with Crippen molar-refractivity contribution in [1.29, 1.82) is 0 Å². The topological polar surface area (TPSA) is 102 Å². The molecule has 3 amide bonds. The van der Waals surface area contributed by atoms with E-state index < -0.39 is 5.25 Å². The quantitative estimate of drug-likeness (QED) is 0.757. The molecule has 1 atom stereocenters. The van der Waals surface area contributed by atoms with Gasteiger partial charge < -0.3 is 10.1 Å². The maximum absolute atomic E-state index is 12.4. The number of carbonyl (C=O) groups is 2. The van der Waals surface area contributed by atoms with Crippen LogP contribution in [0.15, 0.2) is 29.4 Å². The number of aromatic nitrogens is 4. The number of hydrogen-bond donors (Lipinski definition) is 1. The number of nitrogens with one attached hydrogen (secondary N) is 1. The molecule has 25 heavy (non-hydrogen) atoms. The SMILES string of the molecule is COc1ccc(Cn2nnnc2SC(C)C(=O)N2CCNC2=O)cc1. The van der Waals surface area contributed by atoms with E-state index in [2.05, 4.69) is 20.8 Å². The Balaban J connectivity index is 1.66. The molecule has 1 aromatic carbocycles. The van der Waals surface area contributed by atoms with Crippen LogP contribution in [-0.4, -0.2) is 62.5 Å². The van der Waals surface area contributed by atoms with Crippen molar-refractivity contribution in [1.82, 2.24) is 30.4 Å². The minimum Gasteiger partial charge on any atom is -0.497 e. The minimum atomic E-state index is -0.468. The second kappa shape index (κ2) is 7.51. The second-order valence-corrected chi connectivity index (χ2v) is 6.76. The molecule has 2 aromatic rings. The number of methoxy groups -OCH3 is 1. The zero-order valence-corrected chi connectivity index (χ0v) is 14.7. The van der Waals surface area contributed by atoms with Crippen molar-refractivity contribution in [2.24, 2.45) is 0 Å². The van der Waals surface area contributed by atoms with Gasteiger partial charge in [0.2, 0.25) is 11.1 Å². The third kappa shape index (κ3) is 3.90. The summed E-state index contributed by atoms with van der Waals surface area (Å²) in [6.45, 7) is 3.09. The van der Waals surface area contributed by atoms with Crippen LogP contribution >= 0.6 is 11.8 Å². The number of carbonyl (C=O) groups excluding carboxylic acids is 2. The summed E-state index contributed by atoms with van der Waals surface area (Å²) in [5.41, 5.74) is 1.01. The number of ether oxygens (including phenoxy) is 1. The normalized spacial score (nSPS) is 15.1. The Morgan fingerprint density at radius 3 is 2.80 bits per heavy atom. The van der Waals surface area contributed by atoms with Gasteiger partial charge in [-0.05, 0) is 35.0 Å². The lowest BCUT2D eigenvalue weighted by Crippen LogP contribution is -2.39. The second-order valence-electron chi connectivity index (χ2n) is 5.45. The van der Waals surface area contributed by atoms with Crippen LogP contribution in [0.3, 0.4) is 0 Å². The van der Waals surface area contributed by atoms with Crippen LogP contribution < -0.4 is 10.1 Å². The molecule has 0 spiro atoms. The number of hydrogen-bond acceptors (Lipinski definition) is 7. The number of rotatable bonds is 6. The molecule has 0 saturated carbocycles. The minimum absolute atomic E-state index is 0.251. The molecular formula is C15H18N6O3S. The first-order chi connectivity index (χ1) is 12.1. The molecule has 1 aromatic heterocycles. The summed E-state index contributed by atoms with van der Waals surface area (Å²) in [4.78, 5) is 25.2. The first-order valence-corrected chi connectivity index (χ1v) is 8.61. The highest BCUT2D eigenvalue weighted by molar-refractivity contribution is 8.00. The number of imide groups is 1. The zero-order chi connectivity index (χ0) is 17.8. The van der Waals surface area contributed by atoms with E-state index in [4.69, 9.17) is 4.74 Å². The summed E-state index contributed by atoms with van der Waals surface area (Å²) in [7, 11) is 1.62. The fourth-order valence-electron chi connectivity index (χ4n) is 2.39. The maximum atomic E-state index is 12.4. The molecule has 2 heterocycles. The maximum Gasteiger partial charge on any atom is 0.324 e. The first-order valence-electron chi connectivity index (χ1n) is 7.73. The third-order valence-corrected chi connectivity index (χ3v) is 4.80. The summed E-state index contributed by atoms with van der Waals surface area (Å²) in [6, 6.07) is 7.24. The van der Waals surface area contributed by atoms with Gasteiger partial charge >= 0.3 is 6.03 Å². The molecule has 1 fully saturated rings. The van der Waals surface area contributed by atoms with E-state index in [9.17, 15) is 9.59 Å². The van der Waals surface area contributed by atoms with Crippen LogP contribution in [-0.2, 0) is 11.3 Å². The van der Waals surface area contributed by atoms with Gasteiger partial charge in [-0.2, -0.15) is 0 Å². The molecule has 132 valence electrons. The van der Waals surface area contributed by atoms with Crippen molar-refractivity contribution in [3.05, 3.63) is 29.8 Å². The van der Waals surface area contributed by atoms with E-state index in [1.165, 1.54) is 16.7 Å². The number of tetrazole rings is 1. The monoisotopic (exact) mass is 362 g/mol. The molecule has 1 saturated heterocycles. The molecule has 10 heteroatoms. The van der Waals surface area contributed by atoms with Gasteiger partial charge in [0, 0.05) is 13.1 Å². The lowest BCUT2D eigenvalue weighted by atomic mass is 10.2. The molecule has 3 rings (SSSR count). The van der Waals surface area contributed by atoms with Gasteiger partial charge in [-0.1, -0.05) is 23.9 Å². The van der Waals surface area contributed by atoms with Crippen molar-refractivity contribution < 1.29 is 14.3 Å². The van der Waals surface area contributed by atoms with E-state index in [0.29, 0.717) is 24.8 Å². The largest absolute Gasteiger partial charge is 0.497 e. The van der Waals surface area contributed by atoms with Gasteiger partial charge in [-0.3, -0.25) is 9.69 Å². The average molecular weight is 362 g/mol. The van der Waals surface area contributed by atoms with Gasteiger partial charge in [0.1, 0.15) is 5.75 Å². The van der Waals surface area contributed by atoms with Crippen molar-refractivity contribution in [3.8, 4) is 5.75 Å². The molecule has 0 bridgehead atoms. The van der Waals surface area contributed by atoms with Crippen molar-refractivity contribution >= 4 is 23.7 Å². The molecule has 0 aliphatic carbocycles. The van der Waals surface area contributed by atoms with Crippen LogP contribution in [0.1, 0.15) is 12.5 Å². The van der Waals surface area contributed by atoms with E-state index >= 15 is 0 Å². The highest BCUT2D eigenvalue weighted by Crippen LogP contribution is 2.23. The Hall–Kier alpha value is -2.62. The predicted octanol–water partition coefficient (Wildman–Crippen LogP) is 0.762. The van der Waals surface area contributed by atoms with E-state index in [1.54, 1.807) is 18.7 Å². The van der Waals surface area contributed by atoms with E-state index in [-0.39, 0.29) is 11.9 Å². The molecular weight excluding hydrogens is 344 g/mol. The van der Waals surface area contributed by atoms with E-state index in [0.717, 1.165) is 11.3 Å². The van der Waals surface area contributed by atoms with Gasteiger partial charge in [-0.15, -0.1) is 5.10 Å². The Bertz CT molecular complexity index is 763. The first kappa shape index (κ1) is 17.2. The smallest absolute Gasteiger partial charge is 0.324 e. The molecule has 0 radical (unpaired) electrons. The number of amides is 3. The summed E-state index contributed by atoms with van der Waals surface area (Å²) in [5, 5.41) is 14.3. The predicted molar refractivity (Wildman–Crippen MR) is 90.3 cm³/mol. The van der Waals surface area contributed by atoms with Gasteiger partial charge in [-0.25, -0.2) is 9.48 Å². The van der Waals surface area contributed by atoms with Gasteiger partial charge in [0.15, 0.2) is 0 Å². The third-order valence-electron chi connectivity index (χ3n) is 3.74. The van der Waals surface area contributed by atoms with Crippen LogP contribution in [0.4, 0.5) is 4.79 Å². The summed E-state index contributed by atoms with van der Waals surface area (Å²) < 4.78 is 6.76. The van der Waals surface area contributed by atoms with Gasteiger partial charge in [0.25, 0.3) is 0 Å². The Morgan fingerprint density at radius 1 is 1.40 bits per heavy atom. The summed E-state index contributed by atoms with van der Waals surface area (Å²) in [6.07, 6.45) is 0. The lowest BCUT2D eigenvalue weighted by Gasteiger charge is -2.16.